The second-order valence-corrected chi connectivity index (χ2v) is 32.2. The van der Waals surface area contributed by atoms with Gasteiger partial charge in [0.15, 0.2) is 0 Å². The monoisotopic (exact) mass is 480 g/mol. The van der Waals surface area contributed by atoms with Crippen LogP contribution in [-0.2, 0) is 14.2 Å². The Balaban J connectivity index is 3.84. The van der Waals surface area contributed by atoms with E-state index in [9.17, 15) is 0 Å². The Morgan fingerprint density at radius 3 is 0.793 bits per heavy atom. The van der Waals surface area contributed by atoms with Crippen LogP contribution in [0.5, 0.6) is 0 Å². The molecule has 176 valence electrons. The second-order valence-electron chi connectivity index (χ2n) is 11.8. The molecule has 29 heavy (non-hydrogen) atoms. The van der Waals surface area contributed by atoms with E-state index in [0.29, 0.717) is 26.4 Å². The van der Waals surface area contributed by atoms with Crippen LogP contribution in [0.25, 0.3) is 0 Å². The molecular weight excluding hydrogens is 429 g/mol. The van der Waals surface area contributed by atoms with Gasteiger partial charge in [-0.05, 0) is 0 Å². The molecule has 0 bridgehead atoms. The van der Waals surface area contributed by atoms with Gasteiger partial charge in [0.25, 0.3) is 0 Å². The quantitative estimate of drug-likeness (QED) is 0.230. The molecule has 0 aromatic carbocycles. The molecular formula is C20H52N2O3Si4. The maximum atomic E-state index is 5.83. The van der Waals surface area contributed by atoms with Gasteiger partial charge in [0.1, 0.15) is 32.9 Å². The number of hydrogen-bond donors (Lipinski definition) is 0. The van der Waals surface area contributed by atoms with Crippen LogP contribution < -0.4 is 0 Å². The van der Waals surface area contributed by atoms with E-state index >= 15 is 0 Å². The van der Waals surface area contributed by atoms with Crippen molar-refractivity contribution in [3.05, 3.63) is 0 Å². The highest BCUT2D eigenvalue weighted by molar-refractivity contribution is 6.90. The third kappa shape index (κ3) is 13.6. The standard InChI is InChI=1S/C20H52N2O3Si4/c1-26(2,3)21(27(4,5)6)13-15-23-17-19-25-20-18-24-16-14-22(28(7,8)9)29(10,11)12/h13-20H2,1-12H3. The molecule has 0 aromatic rings. The van der Waals surface area contributed by atoms with Crippen LogP contribution in [0.2, 0.25) is 78.6 Å². The Labute approximate surface area is 186 Å². The van der Waals surface area contributed by atoms with E-state index in [1.54, 1.807) is 0 Å². The number of rotatable bonds is 16. The van der Waals surface area contributed by atoms with Gasteiger partial charge in [0.2, 0.25) is 0 Å². The molecule has 5 nitrogen and oxygen atoms in total. The molecule has 0 radical (unpaired) electrons. The molecule has 0 N–H and O–H groups in total. The lowest BCUT2D eigenvalue weighted by Crippen LogP contribution is -2.59. The largest absolute Gasteiger partial charge is 0.378 e. The van der Waals surface area contributed by atoms with E-state index in [1.807, 2.05) is 0 Å². The lowest BCUT2D eigenvalue weighted by atomic mass is 10.7. The number of hydrogen-bond acceptors (Lipinski definition) is 5. The minimum atomic E-state index is -1.28. The second kappa shape index (κ2) is 12.6. The van der Waals surface area contributed by atoms with Crippen molar-refractivity contribution in [2.75, 3.05) is 52.7 Å². The van der Waals surface area contributed by atoms with Crippen LogP contribution in [0.15, 0.2) is 0 Å². The summed E-state index contributed by atoms with van der Waals surface area (Å²) in [5, 5.41) is 0. The maximum absolute atomic E-state index is 5.83. The molecule has 0 aliphatic carbocycles. The van der Waals surface area contributed by atoms with Crippen LogP contribution in [0.4, 0.5) is 0 Å². The average Bonchev–Trinajstić information content (AvgIpc) is 2.46. The van der Waals surface area contributed by atoms with Crippen molar-refractivity contribution in [1.82, 2.24) is 8.46 Å². The zero-order valence-corrected chi connectivity index (χ0v) is 25.8. The molecule has 0 heterocycles. The number of ether oxygens (including phenoxy) is 3. The highest BCUT2D eigenvalue weighted by Gasteiger charge is 2.34. The van der Waals surface area contributed by atoms with Gasteiger partial charge >= 0.3 is 0 Å². The fourth-order valence-corrected chi connectivity index (χ4v) is 23.4. The van der Waals surface area contributed by atoms with Gasteiger partial charge < -0.3 is 22.7 Å². The molecule has 0 aliphatic heterocycles. The molecule has 9 heteroatoms. The predicted molar refractivity (Wildman–Crippen MR) is 139 cm³/mol. The van der Waals surface area contributed by atoms with Crippen molar-refractivity contribution in [3.63, 3.8) is 0 Å². The summed E-state index contributed by atoms with van der Waals surface area (Å²) in [6, 6.07) is 0. The summed E-state index contributed by atoms with van der Waals surface area (Å²) < 4.78 is 22.9. The summed E-state index contributed by atoms with van der Waals surface area (Å²) in [5.41, 5.74) is 0. The van der Waals surface area contributed by atoms with Crippen molar-refractivity contribution in [1.29, 1.82) is 0 Å². The SMILES string of the molecule is C[Si](C)(C)N(CCOCCOCCOCCN([Si](C)(C)C)[Si](C)(C)C)[Si](C)(C)C. The Morgan fingerprint density at radius 1 is 0.379 bits per heavy atom. The van der Waals surface area contributed by atoms with Gasteiger partial charge in [0, 0.05) is 13.1 Å². The molecule has 0 atom stereocenters. The zero-order chi connectivity index (χ0) is 22.9. The van der Waals surface area contributed by atoms with Crippen LogP contribution in [0.3, 0.4) is 0 Å². The fourth-order valence-electron chi connectivity index (χ4n) is 4.21. The van der Waals surface area contributed by atoms with Crippen molar-refractivity contribution < 1.29 is 14.2 Å². The smallest absolute Gasteiger partial charge is 0.112 e. The summed E-state index contributed by atoms with van der Waals surface area (Å²) in [4.78, 5) is 0. The first kappa shape index (κ1) is 29.7. The fraction of sp³-hybridized carbons (Fsp3) is 1.00. The first-order chi connectivity index (χ1) is 13.0. The highest BCUT2D eigenvalue weighted by Crippen LogP contribution is 2.19. The van der Waals surface area contributed by atoms with Gasteiger partial charge in [-0.3, -0.25) is 0 Å². The van der Waals surface area contributed by atoms with Gasteiger partial charge in [-0.25, -0.2) is 0 Å². The van der Waals surface area contributed by atoms with E-state index in [1.165, 1.54) is 0 Å². The van der Waals surface area contributed by atoms with E-state index in [0.717, 1.165) is 26.3 Å². The van der Waals surface area contributed by atoms with Crippen molar-refractivity contribution in [3.8, 4) is 0 Å². The molecule has 0 rings (SSSR count). The average molecular weight is 481 g/mol. The molecule has 0 unspecified atom stereocenters. The summed E-state index contributed by atoms with van der Waals surface area (Å²) in [5.74, 6) is 0. The Hall–Kier alpha value is 0.668. The maximum Gasteiger partial charge on any atom is 0.112 e. The molecule has 0 spiro atoms. The van der Waals surface area contributed by atoms with Crippen LogP contribution in [0.1, 0.15) is 0 Å². The van der Waals surface area contributed by atoms with E-state index in [-0.39, 0.29) is 0 Å². The van der Waals surface area contributed by atoms with E-state index in [2.05, 4.69) is 87.0 Å². The highest BCUT2D eigenvalue weighted by atomic mass is 28.4. The molecule has 0 saturated heterocycles. The zero-order valence-electron chi connectivity index (χ0n) is 21.8. The summed E-state index contributed by atoms with van der Waals surface area (Å²) in [6.07, 6.45) is 0. The topological polar surface area (TPSA) is 34.2 Å². The summed E-state index contributed by atoms with van der Waals surface area (Å²) in [6.45, 7) is 35.5. The van der Waals surface area contributed by atoms with E-state index in [4.69, 9.17) is 14.2 Å². The summed E-state index contributed by atoms with van der Waals surface area (Å²) in [7, 11) is -5.12. The lowest BCUT2D eigenvalue weighted by Gasteiger charge is -2.43. The molecule has 0 aliphatic rings. The normalized spacial score (nSPS) is 14.3. The Kier molecular flexibility index (Phi) is 12.9. The minimum Gasteiger partial charge on any atom is -0.378 e. The summed E-state index contributed by atoms with van der Waals surface area (Å²) >= 11 is 0. The van der Waals surface area contributed by atoms with Gasteiger partial charge in [-0.1, -0.05) is 78.6 Å². The Morgan fingerprint density at radius 2 is 0.586 bits per heavy atom. The third-order valence-electron chi connectivity index (χ3n) is 4.90. The first-order valence-electron chi connectivity index (χ1n) is 11.3. The van der Waals surface area contributed by atoms with Gasteiger partial charge in [-0.15, -0.1) is 0 Å². The van der Waals surface area contributed by atoms with Crippen molar-refractivity contribution in [2.45, 2.75) is 78.6 Å². The number of nitrogens with zero attached hydrogens (tertiary/aromatic N) is 2. The van der Waals surface area contributed by atoms with Crippen LogP contribution >= 0.6 is 0 Å². The van der Waals surface area contributed by atoms with Gasteiger partial charge in [0.05, 0.1) is 39.6 Å². The first-order valence-corrected chi connectivity index (χ1v) is 25.0. The van der Waals surface area contributed by atoms with Crippen molar-refractivity contribution in [2.24, 2.45) is 0 Å². The van der Waals surface area contributed by atoms with Crippen LogP contribution in [0, 0.1) is 0 Å². The molecule has 0 aromatic heterocycles. The predicted octanol–water partition coefficient (Wildman–Crippen LogP) is 4.98. The third-order valence-corrected chi connectivity index (χ3v) is 20.3. The minimum absolute atomic E-state index is 0.652. The Bertz CT molecular complexity index is 373. The lowest BCUT2D eigenvalue weighted by molar-refractivity contribution is 0.0138. The molecule has 0 saturated carbocycles. The van der Waals surface area contributed by atoms with Crippen molar-refractivity contribution >= 4 is 32.9 Å². The molecule has 0 fully saturated rings. The van der Waals surface area contributed by atoms with E-state index < -0.39 is 32.9 Å². The van der Waals surface area contributed by atoms with Gasteiger partial charge in [-0.2, -0.15) is 0 Å². The molecule has 0 amide bonds. The van der Waals surface area contributed by atoms with Crippen LogP contribution in [-0.4, -0.2) is 94.1 Å².